The number of rotatable bonds is 3. The summed E-state index contributed by atoms with van der Waals surface area (Å²) in [6, 6.07) is 9.04. The summed E-state index contributed by atoms with van der Waals surface area (Å²) in [6.07, 6.45) is 0.114. The van der Waals surface area contributed by atoms with Crippen molar-refractivity contribution in [3.8, 4) is 0 Å². The van der Waals surface area contributed by atoms with Crippen molar-refractivity contribution in [3.05, 3.63) is 57.8 Å². The molecule has 3 N–H and O–H groups in total. The van der Waals surface area contributed by atoms with Crippen LogP contribution in [0.3, 0.4) is 0 Å². The molecule has 0 spiro atoms. The average molecular weight is 313 g/mol. The van der Waals surface area contributed by atoms with Crippen LogP contribution in [-0.2, 0) is 11.2 Å². The Kier molecular flexibility index (Phi) is 4.47. The highest BCUT2D eigenvalue weighted by Gasteiger charge is 2.07. The normalized spacial score (nSPS) is 10.3. The van der Waals surface area contributed by atoms with Crippen molar-refractivity contribution in [2.75, 3.05) is 11.1 Å². The van der Waals surface area contributed by atoms with E-state index < -0.39 is 5.82 Å². The first-order chi connectivity index (χ1) is 9.45. The van der Waals surface area contributed by atoms with Gasteiger partial charge < -0.3 is 11.1 Å². The standard InChI is InChI=1S/C14H11Cl2FN2O/c15-10-3-1-8(5-11(10)16)6-14(20)19-9-2-4-13(18)12(17)7-9/h1-5,7H,6,18H2,(H,19,20). The van der Waals surface area contributed by atoms with Crippen molar-refractivity contribution in [3.63, 3.8) is 0 Å². The minimum atomic E-state index is -0.572. The fourth-order valence-corrected chi connectivity index (χ4v) is 1.97. The van der Waals surface area contributed by atoms with Crippen molar-refractivity contribution in [1.82, 2.24) is 0 Å². The molecule has 2 aromatic carbocycles. The van der Waals surface area contributed by atoms with Gasteiger partial charge in [0.05, 0.1) is 22.2 Å². The van der Waals surface area contributed by atoms with Crippen LogP contribution in [-0.4, -0.2) is 5.91 Å². The molecule has 0 radical (unpaired) electrons. The largest absolute Gasteiger partial charge is 0.396 e. The van der Waals surface area contributed by atoms with Gasteiger partial charge in [-0.2, -0.15) is 0 Å². The molecule has 0 bridgehead atoms. The monoisotopic (exact) mass is 312 g/mol. The van der Waals surface area contributed by atoms with Gasteiger partial charge in [0.1, 0.15) is 5.82 Å². The Hall–Kier alpha value is -1.78. The third kappa shape index (κ3) is 3.62. The summed E-state index contributed by atoms with van der Waals surface area (Å²) in [5, 5.41) is 3.39. The molecule has 0 atom stereocenters. The highest BCUT2D eigenvalue weighted by atomic mass is 35.5. The van der Waals surface area contributed by atoms with E-state index in [4.69, 9.17) is 28.9 Å². The minimum absolute atomic E-state index is 0.0347. The molecule has 2 aromatic rings. The van der Waals surface area contributed by atoms with Gasteiger partial charge in [-0.1, -0.05) is 29.3 Å². The van der Waals surface area contributed by atoms with Gasteiger partial charge in [0.25, 0.3) is 0 Å². The van der Waals surface area contributed by atoms with Crippen molar-refractivity contribution in [1.29, 1.82) is 0 Å². The number of nitrogen functional groups attached to an aromatic ring is 1. The summed E-state index contributed by atoms with van der Waals surface area (Å²) in [4.78, 5) is 11.8. The number of carbonyl (C=O) groups excluding carboxylic acids is 1. The number of carbonyl (C=O) groups is 1. The third-order valence-corrected chi connectivity index (χ3v) is 3.37. The van der Waals surface area contributed by atoms with Crippen LogP contribution >= 0.6 is 23.2 Å². The zero-order valence-corrected chi connectivity index (χ0v) is 11.8. The maximum Gasteiger partial charge on any atom is 0.228 e. The molecule has 0 aliphatic heterocycles. The highest BCUT2D eigenvalue weighted by molar-refractivity contribution is 6.42. The molecule has 104 valence electrons. The van der Waals surface area contributed by atoms with Gasteiger partial charge in [-0.05, 0) is 35.9 Å². The number of hydrogen-bond acceptors (Lipinski definition) is 2. The Labute approximate surface area is 125 Å². The van der Waals surface area contributed by atoms with Crippen LogP contribution in [0.5, 0.6) is 0 Å². The molecule has 0 saturated carbocycles. The summed E-state index contributed by atoms with van der Waals surface area (Å²) in [5.41, 5.74) is 6.46. The van der Waals surface area contributed by atoms with Gasteiger partial charge in [0.15, 0.2) is 0 Å². The maximum atomic E-state index is 13.2. The highest BCUT2D eigenvalue weighted by Crippen LogP contribution is 2.23. The van der Waals surface area contributed by atoms with E-state index in [2.05, 4.69) is 5.32 Å². The summed E-state index contributed by atoms with van der Waals surface area (Å²) >= 11 is 11.7. The number of halogens is 3. The number of nitrogens with one attached hydrogen (secondary N) is 1. The van der Waals surface area contributed by atoms with Gasteiger partial charge in [-0.15, -0.1) is 0 Å². The lowest BCUT2D eigenvalue weighted by atomic mass is 10.1. The average Bonchev–Trinajstić information content (AvgIpc) is 2.38. The molecule has 2 rings (SSSR count). The van der Waals surface area contributed by atoms with Crippen molar-refractivity contribution < 1.29 is 9.18 Å². The van der Waals surface area contributed by atoms with Crippen LogP contribution in [0.15, 0.2) is 36.4 Å². The Bertz CT molecular complexity index is 606. The first-order valence-electron chi connectivity index (χ1n) is 5.74. The quantitative estimate of drug-likeness (QED) is 0.845. The van der Waals surface area contributed by atoms with Crippen LogP contribution in [0, 0.1) is 5.82 Å². The lowest BCUT2D eigenvalue weighted by molar-refractivity contribution is -0.115. The number of nitrogens with two attached hydrogens (primary N) is 1. The Morgan fingerprint density at radius 2 is 1.90 bits per heavy atom. The maximum absolute atomic E-state index is 13.2. The number of anilines is 2. The second-order valence-electron chi connectivity index (χ2n) is 4.21. The van der Waals surface area contributed by atoms with Crippen LogP contribution in [0.4, 0.5) is 15.8 Å². The SMILES string of the molecule is Nc1ccc(NC(=O)Cc2ccc(Cl)c(Cl)c2)cc1F. The minimum Gasteiger partial charge on any atom is -0.396 e. The number of amides is 1. The smallest absolute Gasteiger partial charge is 0.228 e. The van der Waals surface area contributed by atoms with Gasteiger partial charge in [-0.25, -0.2) is 4.39 Å². The predicted molar refractivity (Wildman–Crippen MR) is 79.6 cm³/mol. The molecule has 0 aromatic heterocycles. The summed E-state index contributed by atoms with van der Waals surface area (Å²) < 4.78 is 13.2. The van der Waals surface area contributed by atoms with E-state index in [-0.39, 0.29) is 18.0 Å². The Balaban J connectivity index is 2.04. The lowest BCUT2D eigenvalue weighted by Crippen LogP contribution is -2.14. The van der Waals surface area contributed by atoms with Gasteiger partial charge in [-0.3, -0.25) is 4.79 Å². The Morgan fingerprint density at radius 3 is 2.55 bits per heavy atom. The van der Waals surface area contributed by atoms with Crippen molar-refractivity contribution in [2.24, 2.45) is 0 Å². The van der Waals surface area contributed by atoms with Gasteiger partial charge in [0.2, 0.25) is 5.91 Å². The fourth-order valence-electron chi connectivity index (χ4n) is 1.65. The zero-order valence-electron chi connectivity index (χ0n) is 10.3. The molecule has 6 heteroatoms. The molecule has 1 amide bonds. The van der Waals surface area contributed by atoms with E-state index in [0.717, 1.165) is 0 Å². The van der Waals surface area contributed by atoms with Crippen molar-refractivity contribution >= 4 is 40.5 Å². The Morgan fingerprint density at radius 1 is 1.15 bits per heavy atom. The molecule has 0 saturated heterocycles. The zero-order chi connectivity index (χ0) is 14.7. The summed E-state index contributed by atoms with van der Waals surface area (Å²) in [5.74, 6) is -0.857. The fraction of sp³-hybridized carbons (Fsp3) is 0.0714. The van der Waals surface area contributed by atoms with E-state index in [1.165, 1.54) is 18.2 Å². The molecule has 20 heavy (non-hydrogen) atoms. The number of benzene rings is 2. The van der Waals surface area contributed by atoms with Crippen LogP contribution < -0.4 is 11.1 Å². The molecular weight excluding hydrogens is 302 g/mol. The lowest BCUT2D eigenvalue weighted by Gasteiger charge is -2.07. The first kappa shape index (κ1) is 14.6. The number of hydrogen-bond donors (Lipinski definition) is 2. The summed E-state index contributed by atoms with van der Waals surface area (Å²) in [6.45, 7) is 0. The topological polar surface area (TPSA) is 55.1 Å². The van der Waals surface area contributed by atoms with E-state index in [0.29, 0.717) is 21.3 Å². The van der Waals surface area contributed by atoms with E-state index in [9.17, 15) is 9.18 Å². The van der Waals surface area contributed by atoms with E-state index in [1.54, 1.807) is 18.2 Å². The molecule has 0 fully saturated rings. The molecule has 0 aliphatic carbocycles. The first-order valence-corrected chi connectivity index (χ1v) is 6.50. The predicted octanol–water partition coefficient (Wildman–Crippen LogP) is 3.90. The molecular formula is C14H11Cl2FN2O. The molecule has 0 unspecified atom stereocenters. The molecule has 0 heterocycles. The third-order valence-electron chi connectivity index (χ3n) is 2.63. The van der Waals surface area contributed by atoms with Crippen LogP contribution in [0.2, 0.25) is 10.0 Å². The van der Waals surface area contributed by atoms with Crippen LogP contribution in [0.1, 0.15) is 5.56 Å². The van der Waals surface area contributed by atoms with Crippen molar-refractivity contribution in [2.45, 2.75) is 6.42 Å². The van der Waals surface area contributed by atoms with E-state index >= 15 is 0 Å². The second kappa shape index (κ2) is 6.11. The molecule has 0 aliphatic rings. The van der Waals surface area contributed by atoms with Gasteiger partial charge >= 0.3 is 0 Å². The van der Waals surface area contributed by atoms with Gasteiger partial charge in [0, 0.05) is 5.69 Å². The van der Waals surface area contributed by atoms with Crippen LogP contribution in [0.25, 0.3) is 0 Å². The second-order valence-corrected chi connectivity index (χ2v) is 5.02. The van der Waals surface area contributed by atoms with E-state index in [1.807, 2.05) is 0 Å². The molecule has 3 nitrogen and oxygen atoms in total. The summed E-state index contributed by atoms with van der Waals surface area (Å²) in [7, 11) is 0.